The normalized spacial score (nSPS) is 25.6. The van der Waals surface area contributed by atoms with Gasteiger partial charge in [-0.3, -0.25) is 14.9 Å². The maximum Gasteiger partial charge on any atom is 0.320 e. The number of Topliss-reactive ketones (excluding diaryl/α,β-unsaturated/α-hetero) is 2. The summed E-state index contributed by atoms with van der Waals surface area (Å²) in [5.74, 6) is -0.0130. The third-order valence-corrected chi connectivity index (χ3v) is 7.06. The zero-order valence-corrected chi connectivity index (χ0v) is 19.0. The van der Waals surface area contributed by atoms with Crippen LogP contribution in [0.1, 0.15) is 66.7 Å². The number of amides is 2. The van der Waals surface area contributed by atoms with Gasteiger partial charge in [0.25, 0.3) is 0 Å². The Balaban J connectivity index is 1.38. The van der Waals surface area contributed by atoms with E-state index in [4.69, 9.17) is 0 Å². The highest BCUT2D eigenvalue weighted by Gasteiger charge is 2.47. The number of anilines is 1. The zero-order chi connectivity index (χ0) is 22.9. The van der Waals surface area contributed by atoms with Crippen LogP contribution in [0, 0.1) is 26.2 Å². The topological polar surface area (TPSA) is 88.2 Å². The molecular weight excluding hydrogens is 402 g/mol. The van der Waals surface area contributed by atoms with Crippen LogP contribution in [0.4, 0.5) is 10.6 Å². The molecule has 6 nitrogen and oxygen atoms in total. The lowest BCUT2D eigenvalue weighted by Crippen LogP contribution is -2.46. The van der Waals surface area contributed by atoms with Crippen molar-refractivity contribution in [2.24, 2.45) is 5.41 Å². The predicted octanol–water partition coefficient (Wildman–Crippen LogP) is 4.77. The number of ketones is 2. The lowest BCUT2D eigenvalue weighted by molar-refractivity contribution is -0.138. The van der Waals surface area contributed by atoms with E-state index in [1.807, 2.05) is 26.8 Å². The van der Waals surface area contributed by atoms with Crippen molar-refractivity contribution >= 4 is 23.4 Å². The summed E-state index contributed by atoms with van der Waals surface area (Å²) in [7, 11) is 0. The van der Waals surface area contributed by atoms with Crippen molar-refractivity contribution in [3.63, 3.8) is 0 Å². The van der Waals surface area contributed by atoms with E-state index in [9.17, 15) is 14.4 Å². The first kappa shape index (κ1) is 22.2. The lowest BCUT2D eigenvalue weighted by Gasteiger charge is -2.43. The molecule has 2 aliphatic carbocycles. The molecule has 6 heteroatoms. The van der Waals surface area contributed by atoms with Crippen LogP contribution in [-0.2, 0) is 9.59 Å². The van der Waals surface area contributed by atoms with Gasteiger partial charge in [0, 0.05) is 25.1 Å². The van der Waals surface area contributed by atoms with Gasteiger partial charge in [0.2, 0.25) is 0 Å². The molecule has 2 fully saturated rings. The third-order valence-electron chi connectivity index (χ3n) is 7.06. The molecule has 1 spiro atoms. The Morgan fingerprint density at radius 2 is 1.62 bits per heavy atom. The average Bonchev–Trinajstić information content (AvgIpc) is 2.72. The minimum atomic E-state index is -0.624. The number of aromatic nitrogens is 1. The standard InChI is InChI=1S/C26H31N3O3/c1-16-12-17(2)23(18(3)13-16)24-20(30)14-26(15-21(24)31)9-7-19(8-10-26)28-25(32)29-22-6-4-5-11-27-22/h4-6,11-13,19,24H,7-10,14-15H2,1-3H3,(H2,27,28,29,32). The fraction of sp³-hybridized carbons (Fsp3) is 0.462. The summed E-state index contributed by atoms with van der Waals surface area (Å²) in [6, 6.07) is 9.22. The predicted molar refractivity (Wildman–Crippen MR) is 124 cm³/mol. The molecule has 1 aromatic heterocycles. The van der Waals surface area contributed by atoms with Gasteiger partial charge in [0.15, 0.2) is 0 Å². The van der Waals surface area contributed by atoms with E-state index in [0.717, 1.165) is 47.9 Å². The molecule has 0 atom stereocenters. The molecule has 0 radical (unpaired) electrons. The first-order chi connectivity index (χ1) is 15.3. The van der Waals surface area contributed by atoms with E-state index in [0.29, 0.717) is 18.7 Å². The van der Waals surface area contributed by atoms with E-state index >= 15 is 0 Å². The number of aryl methyl sites for hydroxylation is 3. The molecule has 2 N–H and O–H groups in total. The highest BCUT2D eigenvalue weighted by Crippen LogP contribution is 2.49. The number of urea groups is 1. The van der Waals surface area contributed by atoms with Gasteiger partial charge in [-0.15, -0.1) is 0 Å². The molecule has 0 aliphatic heterocycles. The van der Waals surface area contributed by atoms with Gasteiger partial charge in [-0.2, -0.15) is 0 Å². The fourth-order valence-corrected chi connectivity index (χ4v) is 5.66. The van der Waals surface area contributed by atoms with Crippen LogP contribution in [0.5, 0.6) is 0 Å². The summed E-state index contributed by atoms with van der Waals surface area (Å²) >= 11 is 0. The molecule has 2 aromatic rings. The van der Waals surface area contributed by atoms with Gasteiger partial charge in [-0.25, -0.2) is 9.78 Å². The highest BCUT2D eigenvalue weighted by atomic mass is 16.2. The molecule has 1 aromatic carbocycles. The number of hydrogen-bond acceptors (Lipinski definition) is 4. The van der Waals surface area contributed by atoms with E-state index in [2.05, 4.69) is 27.8 Å². The SMILES string of the molecule is Cc1cc(C)c(C2C(=O)CC3(CCC(NC(=O)Nc4ccccn4)CC3)CC2=O)c(C)c1. The van der Waals surface area contributed by atoms with Crippen LogP contribution in [0.15, 0.2) is 36.5 Å². The number of pyridine rings is 1. The average molecular weight is 434 g/mol. The molecule has 2 aliphatic rings. The van der Waals surface area contributed by atoms with Crippen molar-refractivity contribution < 1.29 is 14.4 Å². The molecule has 0 saturated heterocycles. The molecule has 2 amide bonds. The Morgan fingerprint density at radius 3 is 2.19 bits per heavy atom. The van der Waals surface area contributed by atoms with E-state index < -0.39 is 5.92 Å². The number of carbonyl (C=O) groups excluding carboxylic acids is 3. The van der Waals surface area contributed by atoms with Crippen LogP contribution in [0.3, 0.4) is 0 Å². The van der Waals surface area contributed by atoms with Crippen molar-refractivity contribution in [2.45, 2.75) is 71.3 Å². The zero-order valence-electron chi connectivity index (χ0n) is 19.0. The van der Waals surface area contributed by atoms with Gasteiger partial charge in [-0.05, 0) is 80.7 Å². The first-order valence-corrected chi connectivity index (χ1v) is 11.4. The molecule has 2 saturated carbocycles. The van der Waals surface area contributed by atoms with Crippen LogP contribution >= 0.6 is 0 Å². The van der Waals surface area contributed by atoms with E-state index in [1.165, 1.54) is 0 Å². The van der Waals surface area contributed by atoms with E-state index in [1.54, 1.807) is 18.3 Å². The Morgan fingerprint density at radius 1 is 1.00 bits per heavy atom. The molecule has 0 bridgehead atoms. The van der Waals surface area contributed by atoms with Crippen molar-refractivity contribution in [3.05, 3.63) is 58.8 Å². The maximum absolute atomic E-state index is 13.2. The highest BCUT2D eigenvalue weighted by molar-refractivity contribution is 6.10. The van der Waals surface area contributed by atoms with Gasteiger partial charge >= 0.3 is 6.03 Å². The summed E-state index contributed by atoms with van der Waals surface area (Å²) < 4.78 is 0. The molecule has 0 unspecified atom stereocenters. The monoisotopic (exact) mass is 433 g/mol. The summed E-state index contributed by atoms with van der Waals surface area (Å²) in [4.78, 5) is 42.8. The Kier molecular flexibility index (Phi) is 6.13. The number of nitrogens with one attached hydrogen (secondary N) is 2. The number of benzene rings is 1. The molecule has 4 rings (SSSR count). The quantitative estimate of drug-likeness (QED) is 0.682. The first-order valence-electron chi connectivity index (χ1n) is 11.4. The number of carbonyl (C=O) groups is 3. The van der Waals surface area contributed by atoms with Crippen LogP contribution in [0.2, 0.25) is 0 Å². The van der Waals surface area contributed by atoms with Gasteiger partial charge < -0.3 is 5.32 Å². The van der Waals surface area contributed by atoms with Crippen molar-refractivity contribution in [2.75, 3.05) is 5.32 Å². The number of nitrogens with zero attached hydrogens (tertiary/aromatic N) is 1. The van der Waals surface area contributed by atoms with Gasteiger partial charge in [-0.1, -0.05) is 23.8 Å². The van der Waals surface area contributed by atoms with E-state index in [-0.39, 0.29) is 29.1 Å². The summed E-state index contributed by atoms with van der Waals surface area (Å²) in [6.45, 7) is 6.02. The smallest absolute Gasteiger partial charge is 0.320 e. The summed E-state index contributed by atoms with van der Waals surface area (Å²) in [5.41, 5.74) is 3.84. The molecule has 168 valence electrons. The Labute approximate surface area is 189 Å². The fourth-order valence-electron chi connectivity index (χ4n) is 5.66. The maximum atomic E-state index is 13.2. The van der Waals surface area contributed by atoms with Gasteiger partial charge in [0.05, 0.1) is 0 Å². The van der Waals surface area contributed by atoms with Crippen LogP contribution in [-0.4, -0.2) is 28.6 Å². The Hall–Kier alpha value is -3.02. The van der Waals surface area contributed by atoms with Crippen molar-refractivity contribution in [1.29, 1.82) is 0 Å². The second-order valence-electron chi connectivity index (χ2n) is 9.62. The van der Waals surface area contributed by atoms with Crippen LogP contribution in [0.25, 0.3) is 0 Å². The minimum Gasteiger partial charge on any atom is -0.335 e. The summed E-state index contributed by atoms with van der Waals surface area (Å²) in [6.07, 6.45) is 5.61. The second kappa shape index (κ2) is 8.85. The minimum absolute atomic E-state index is 0.0360. The van der Waals surface area contributed by atoms with Gasteiger partial charge in [0.1, 0.15) is 23.3 Å². The number of hydrogen-bond donors (Lipinski definition) is 2. The Bertz CT molecular complexity index is 997. The van der Waals surface area contributed by atoms with Crippen molar-refractivity contribution in [1.82, 2.24) is 10.3 Å². The molecule has 1 heterocycles. The summed E-state index contributed by atoms with van der Waals surface area (Å²) in [5, 5.41) is 5.75. The number of rotatable bonds is 3. The third kappa shape index (κ3) is 4.59. The lowest BCUT2D eigenvalue weighted by atomic mass is 9.60. The largest absolute Gasteiger partial charge is 0.335 e. The molecule has 32 heavy (non-hydrogen) atoms. The second-order valence-corrected chi connectivity index (χ2v) is 9.62. The van der Waals surface area contributed by atoms with Crippen molar-refractivity contribution in [3.8, 4) is 0 Å². The molecular formula is C26H31N3O3. The van der Waals surface area contributed by atoms with Crippen LogP contribution < -0.4 is 10.6 Å².